The number of allylic oxidation sites excluding steroid dienone is 2. The Kier molecular flexibility index (Phi) is 18.8. The second kappa shape index (κ2) is 21.9. The van der Waals surface area contributed by atoms with Crippen molar-refractivity contribution < 1.29 is 18.8 Å². The van der Waals surface area contributed by atoms with Gasteiger partial charge in [-0.25, -0.2) is 0 Å². The SMILES string of the molecule is COC(=O)CNC(=O)CCCCCCCCCCCC/C=C\CCCC(C)O[Si](c1ccccc1)(c1ccccc1)C(C)(C)C. The highest BCUT2D eigenvalue weighted by atomic mass is 28.4. The molecule has 2 aromatic rings. The standard InChI is InChI=1S/C39H61NO4Si/c1-34(44-45(39(2,3)4,35-28-22-19-23-29-35)36-30-24-20-25-31-36)27-21-17-15-13-11-9-7-6-8-10-12-14-16-18-26-32-37(41)40-33-38(42)43-5/h13,15,19-20,22-25,28-31,34H,6-12,14,16-18,21,26-27,32-33H2,1-5H3,(H,40,41)/b15-13-. The summed E-state index contributed by atoms with van der Waals surface area (Å²) in [5, 5.41) is 5.30. The lowest BCUT2D eigenvalue weighted by Crippen LogP contribution is -2.67. The molecule has 0 aliphatic heterocycles. The van der Waals surface area contributed by atoms with E-state index >= 15 is 0 Å². The predicted octanol–water partition coefficient (Wildman–Crippen LogP) is 8.65. The molecule has 1 N–H and O–H groups in total. The number of benzene rings is 2. The second-order valence-corrected chi connectivity index (χ2v) is 17.7. The van der Waals surface area contributed by atoms with Gasteiger partial charge in [0.1, 0.15) is 6.54 Å². The van der Waals surface area contributed by atoms with E-state index in [-0.39, 0.29) is 23.6 Å². The van der Waals surface area contributed by atoms with Crippen LogP contribution >= 0.6 is 0 Å². The molecule has 2 aromatic carbocycles. The van der Waals surface area contributed by atoms with Gasteiger partial charge in [0.15, 0.2) is 0 Å². The minimum Gasteiger partial charge on any atom is -0.468 e. The topological polar surface area (TPSA) is 64.6 Å². The fraction of sp³-hybridized carbons (Fsp3) is 0.590. The Morgan fingerprint density at radius 2 is 1.20 bits per heavy atom. The number of carbonyl (C=O) groups is 2. The highest BCUT2D eigenvalue weighted by molar-refractivity contribution is 6.99. The van der Waals surface area contributed by atoms with Crippen LogP contribution in [0.15, 0.2) is 72.8 Å². The van der Waals surface area contributed by atoms with E-state index in [1.54, 1.807) is 0 Å². The van der Waals surface area contributed by atoms with Gasteiger partial charge < -0.3 is 14.5 Å². The maximum Gasteiger partial charge on any atom is 0.325 e. The van der Waals surface area contributed by atoms with Gasteiger partial charge in [-0.05, 0) is 60.9 Å². The van der Waals surface area contributed by atoms with Crippen molar-refractivity contribution in [3.05, 3.63) is 72.8 Å². The lowest BCUT2D eigenvalue weighted by atomic mass is 10.0. The fourth-order valence-electron chi connectivity index (χ4n) is 6.10. The van der Waals surface area contributed by atoms with Crippen molar-refractivity contribution in [1.29, 1.82) is 0 Å². The molecule has 0 aliphatic carbocycles. The molecule has 1 atom stereocenters. The predicted molar refractivity (Wildman–Crippen MR) is 192 cm³/mol. The third kappa shape index (κ3) is 14.5. The number of nitrogens with one attached hydrogen (secondary N) is 1. The number of amides is 1. The molecule has 0 bridgehead atoms. The molecule has 0 radical (unpaired) electrons. The quantitative estimate of drug-likeness (QED) is 0.0575. The van der Waals surface area contributed by atoms with E-state index in [2.05, 4.69) is 111 Å². The summed E-state index contributed by atoms with van der Waals surface area (Å²) in [6.45, 7) is 9.27. The molecule has 1 unspecified atom stereocenters. The van der Waals surface area contributed by atoms with E-state index in [0.29, 0.717) is 6.42 Å². The van der Waals surface area contributed by atoms with E-state index in [9.17, 15) is 9.59 Å². The molecule has 0 aromatic heterocycles. The number of ether oxygens (including phenoxy) is 1. The summed E-state index contributed by atoms with van der Waals surface area (Å²) in [5.41, 5.74) is 0. The third-order valence-electron chi connectivity index (χ3n) is 8.63. The molecular formula is C39H61NO4Si. The van der Waals surface area contributed by atoms with Gasteiger partial charge in [0.2, 0.25) is 5.91 Å². The molecule has 0 aliphatic rings. The zero-order valence-corrected chi connectivity index (χ0v) is 30.0. The summed E-state index contributed by atoms with van der Waals surface area (Å²) < 4.78 is 11.7. The molecule has 1 amide bonds. The first-order chi connectivity index (χ1) is 21.7. The molecule has 45 heavy (non-hydrogen) atoms. The van der Waals surface area contributed by atoms with E-state index < -0.39 is 14.3 Å². The Hall–Kier alpha value is -2.70. The van der Waals surface area contributed by atoms with Crippen LogP contribution in [0.2, 0.25) is 5.04 Å². The van der Waals surface area contributed by atoms with Crippen LogP contribution in [0.3, 0.4) is 0 Å². The normalized spacial score (nSPS) is 12.7. The molecule has 0 fully saturated rings. The summed E-state index contributed by atoms with van der Waals surface area (Å²) in [5.74, 6) is -0.476. The molecule has 250 valence electrons. The molecule has 0 heterocycles. The summed E-state index contributed by atoms with van der Waals surface area (Å²) in [7, 11) is -1.15. The van der Waals surface area contributed by atoms with Crippen LogP contribution in [-0.2, 0) is 18.8 Å². The molecule has 0 saturated carbocycles. The highest BCUT2D eigenvalue weighted by Crippen LogP contribution is 2.38. The third-order valence-corrected chi connectivity index (χ3v) is 13.8. The summed E-state index contributed by atoms with van der Waals surface area (Å²) in [4.78, 5) is 22.7. The number of unbranched alkanes of at least 4 members (excludes halogenated alkanes) is 11. The van der Waals surface area contributed by atoms with Gasteiger partial charge >= 0.3 is 5.97 Å². The number of hydrogen-bond donors (Lipinski definition) is 1. The van der Waals surface area contributed by atoms with Gasteiger partial charge in [-0.2, -0.15) is 0 Å². The zero-order valence-electron chi connectivity index (χ0n) is 29.0. The van der Waals surface area contributed by atoms with Crippen molar-refractivity contribution in [3.8, 4) is 0 Å². The summed E-state index contributed by atoms with van der Waals surface area (Å²) in [6.07, 6.45) is 22.2. The number of methoxy groups -OCH3 is 1. The maximum atomic E-state index is 11.7. The molecule has 2 rings (SSSR count). The van der Waals surface area contributed by atoms with E-state index in [4.69, 9.17) is 4.43 Å². The minimum atomic E-state index is -2.48. The molecule has 6 heteroatoms. The average molecular weight is 636 g/mol. The van der Waals surface area contributed by atoms with Gasteiger partial charge in [0.05, 0.1) is 7.11 Å². The number of esters is 1. The van der Waals surface area contributed by atoms with Gasteiger partial charge in [-0.15, -0.1) is 0 Å². The van der Waals surface area contributed by atoms with Crippen LogP contribution < -0.4 is 15.7 Å². The Labute approximate surface area is 275 Å². The summed E-state index contributed by atoms with van der Waals surface area (Å²) >= 11 is 0. The van der Waals surface area contributed by atoms with E-state index in [0.717, 1.165) is 32.1 Å². The number of rotatable bonds is 23. The van der Waals surface area contributed by atoms with Crippen molar-refractivity contribution in [2.24, 2.45) is 0 Å². The van der Waals surface area contributed by atoms with Crippen molar-refractivity contribution in [3.63, 3.8) is 0 Å². The Bertz CT molecular complexity index is 1060. The molecule has 0 saturated heterocycles. The van der Waals surface area contributed by atoms with Crippen LogP contribution in [0, 0.1) is 0 Å². The van der Waals surface area contributed by atoms with E-state index in [1.807, 2.05) is 0 Å². The smallest absolute Gasteiger partial charge is 0.325 e. The first kappa shape index (κ1) is 38.5. The van der Waals surface area contributed by atoms with Crippen LogP contribution in [0.4, 0.5) is 0 Å². The summed E-state index contributed by atoms with van der Waals surface area (Å²) in [6, 6.07) is 21.9. The van der Waals surface area contributed by atoms with E-state index in [1.165, 1.54) is 75.3 Å². The monoisotopic (exact) mass is 635 g/mol. The number of carbonyl (C=O) groups excluding carboxylic acids is 2. The average Bonchev–Trinajstić information content (AvgIpc) is 3.04. The Morgan fingerprint density at radius 1 is 0.733 bits per heavy atom. The fourth-order valence-corrected chi connectivity index (χ4v) is 10.8. The Morgan fingerprint density at radius 3 is 1.69 bits per heavy atom. The zero-order chi connectivity index (χ0) is 32.8. The van der Waals surface area contributed by atoms with Crippen LogP contribution in [-0.4, -0.2) is 40.0 Å². The van der Waals surface area contributed by atoms with Crippen LogP contribution in [0.5, 0.6) is 0 Å². The maximum absolute atomic E-state index is 11.7. The van der Waals surface area contributed by atoms with Gasteiger partial charge in [-0.1, -0.05) is 145 Å². The lowest BCUT2D eigenvalue weighted by Gasteiger charge is -2.44. The van der Waals surface area contributed by atoms with Crippen molar-refractivity contribution >= 4 is 30.6 Å². The minimum absolute atomic E-state index is 0.0137. The second-order valence-electron chi connectivity index (χ2n) is 13.4. The molecule has 0 spiro atoms. The highest BCUT2D eigenvalue weighted by Gasteiger charge is 2.50. The first-order valence-electron chi connectivity index (χ1n) is 17.5. The van der Waals surface area contributed by atoms with Gasteiger partial charge in [0.25, 0.3) is 8.32 Å². The van der Waals surface area contributed by atoms with Gasteiger partial charge in [0, 0.05) is 12.5 Å². The van der Waals surface area contributed by atoms with Gasteiger partial charge in [-0.3, -0.25) is 9.59 Å². The van der Waals surface area contributed by atoms with Crippen LogP contribution in [0.1, 0.15) is 124 Å². The Balaban J connectivity index is 1.56. The largest absolute Gasteiger partial charge is 0.468 e. The molecule has 5 nitrogen and oxygen atoms in total. The van der Waals surface area contributed by atoms with Crippen molar-refractivity contribution in [2.75, 3.05) is 13.7 Å². The molecular weight excluding hydrogens is 575 g/mol. The first-order valence-corrected chi connectivity index (χ1v) is 19.4. The van der Waals surface area contributed by atoms with Crippen LogP contribution in [0.25, 0.3) is 0 Å². The van der Waals surface area contributed by atoms with Crippen molar-refractivity contribution in [2.45, 2.75) is 135 Å². The number of hydrogen-bond acceptors (Lipinski definition) is 4. The van der Waals surface area contributed by atoms with Crippen molar-refractivity contribution in [1.82, 2.24) is 5.32 Å². The lowest BCUT2D eigenvalue weighted by molar-refractivity contribution is -0.141.